The number of hydrogen-bond donors (Lipinski definition) is 3. The third-order valence-corrected chi connectivity index (χ3v) is 4.79. The van der Waals surface area contributed by atoms with Gasteiger partial charge >= 0.3 is 5.97 Å². The predicted molar refractivity (Wildman–Crippen MR) is 108 cm³/mol. The lowest BCUT2D eigenvalue weighted by Gasteiger charge is -2.15. The first-order valence-electron chi connectivity index (χ1n) is 9.21. The second-order valence-electron chi connectivity index (χ2n) is 6.82. The SMILES string of the molecule is O=C(O)c1ccc2c(c1)NC(=O)c1cnn3ccc(nc13)NCc1cc(F)ccc1O2. The smallest absolute Gasteiger partial charge is 0.335 e. The van der Waals surface area contributed by atoms with Crippen LogP contribution in [-0.4, -0.2) is 31.6 Å². The largest absolute Gasteiger partial charge is 0.478 e. The Balaban J connectivity index is 1.70. The van der Waals surface area contributed by atoms with Crippen LogP contribution in [-0.2, 0) is 6.54 Å². The van der Waals surface area contributed by atoms with Crippen LogP contribution in [0, 0.1) is 5.82 Å². The number of anilines is 2. The highest BCUT2D eigenvalue weighted by molar-refractivity contribution is 6.09. The first kappa shape index (κ1) is 18.6. The van der Waals surface area contributed by atoms with Gasteiger partial charge in [-0.25, -0.2) is 18.7 Å². The van der Waals surface area contributed by atoms with Crippen LogP contribution in [0.25, 0.3) is 5.65 Å². The maximum Gasteiger partial charge on any atom is 0.335 e. The minimum atomic E-state index is -1.16. The van der Waals surface area contributed by atoms with Crippen LogP contribution < -0.4 is 15.4 Å². The Bertz CT molecular complexity index is 1370. The monoisotopic (exact) mass is 419 g/mol. The number of rotatable bonds is 1. The summed E-state index contributed by atoms with van der Waals surface area (Å²) in [6.45, 7) is 0.198. The number of nitrogens with one attached hydrogen (secondary N) is 2. The molecule has 4 aromatic rings. The highest BCUT2D eigenvalue weighted by atomic mass is 19.1. The Morgan fingerprint density at radius 3 is 2.84 bits per heavy atom. The van der Waals surface area contributed by atoms with E-state index in [0.29, 0.717) is 22.8 Å². The summed E-state index contributed by atoms with van der Waals surface area (Å²) in [6, 6.07) is 9.81. The minimum absolute atomic E-state index is 0.0340. The van der Waals surface area contributed by atoms with Crippen molar-refractivity contribution in [3.8, 4) is 11.5 Å². The fraction of sp³-hybridized carbons (Fsp3) is 0.0476. The Labute approximate surface area is 174 Å². The van der Waals surface area contributed by atoms with E-state index in [9.17, 15) is 19.1 Å². The van der Waals surface area contributed by atoms with Crippen molar-refractivity contribution in [2.75, 3.05) is 10.6 Å². The third-order valence-electron chi connectivity index (χ3n) is 4.79. The van der Waals surface area contributed by atoms with Gasteiger partial charge in [-0.05, 0) is 42.5 Å². The highest BCUT2D eigenvalue weighted by Gasteiger charge is 2.20. The van der Waals surface area contributed by atoms with Crippen LogP contribution >= 0.6 is 0 Å². The van der Waals surface area contributed by atoms with Crippen molar-refractivity contribution in [3.63, 3.8) is 0 Å². The van der Waals surface area contributed by atoms with Gasteiger partial charge in [-0.3, -0.25) is 4.79 Å². The summed E-state index contributed by atoms with van der Waals surface area (Å²) < 4.78 is 21.3. The number of halogens is 1. The summed E-state index contributed by atoms with van der Waals surface area (Å²) in [5.74, 6) is -1.13. The molecule has 5 rings (SSSR count). The summed E-state index contributed by atoms with van der Waals surface area (Å²) in [7, 11) is 0. The summed E-state index contributed by atoms with van der Waals surface area (Å²) in [5, 5.41) is 19.2. The van der Waals surface area contributed by atoms with Crippen LogP contribution in [0.1, 0.15) is 26.3 Å². The average molecular weight is 419 g/mol. The third kappa shape index (κ3) is 3.39. The molecule has 0 saturated heterocycles. The van der Waals surface area contributed by atoms with E-state index in [1.807, 2.05) is 0 Å². The van der Waals surface area contributed by atoms with Gasteiger partial charge in [0.2, 0.25) is 0 Å². The second-order valence-corrected chi connectivity index (χ2v) is 6.82. The van der Waals surface area contributed by atoms with E-state index in [2.05, 4.69) is 20.7 Å². The van der Waals surface area contributed by atoms with E-state index < -0.39 is 17.7 Å². The van der Waals surface area contributed by atoms with Crippen LogP contribution in [0.4, 0.5) is 15.9 Å². The van der Waals surface area contributed by atoms with E-state index in [0.717, 1.165) is 0 Å². The number of fused-ring (bicyclic) bond motifs is 3. The molecule has 10 heteroatoms. The van der Waals surface area contributed by atoms with Crippen molar-refractivity contribution in [2.24, 2.45) is 0 Å². The van der Waals surface area contributed by atoms with Gasteiger partial charge in [-0.2, -0.15) is 5.10 Å². The first-order chi connectivity index (χ1) is 15.0. The molecule has 0 aliphatic carbocycles. The standard InChI is InChI=1S/C21H14FN5O4/c22-13-2-4-16-12(7-13)9-23-18-5-6-27-19(26-18)14(10-24-27)20(28)25-15-8-11(21(29)30)1-3-17(15)31-16/h1-8,10H,9H2,(H,23,26)(H,25,28)(H,29,30). The molecule has 2 bridgehead atoms. The van der Waals surface area contributed by atoms with Gasteiger partial charge in [0.15, 0.2) is 11.4 Å². The number of carbonyl (C=O) groups is 2. The Kier molecular flexibility index (Phi) is 4.25. The Morgan fingerprint density at radius 2 is 2.00 bits per heavy atom. The number of ether oxygens (including phenoxy) is 1. The zero-order chi connectivity index (χ0) is 21.5. The summed E-state index contributed by atoms with van der Waals surface area (Å²) in [6.07, 6.45) is 3.01. The van der Waals surface area contributed by atoms with E-state index in [4.69, 9.17) is 4.74 Å². The number of aromatic nitrogens is 3. The second kappa shape index (κ2) is 7.10. The van der Waals surface area contributed by atoms with Crippen molar-refractivity contribution in [1.29, 1.82) is 0 Å². The van der Waals surface area contributed by atoms with Crippen LogP contribution in [0.5, 0.6) is 11.5 Å². The summed E-state index contributed by atoms with van der Waals surface area (Å²) >= 11 is 0. The molecule has 31 heavy (non-hydrogen) atoms. The number of nitrogens with zero attached hydrogens (tertiary/aromatic N) is 3. The number of carbonyl (C=O) groups excluding carboxylic acids is 1. The molecule has 0 radical (unpaired) electrons. The molecular formula is C21H14FN5O4. The van der Waals surface area contributed by atoms with E-state index in [1.54, 1.807) is 12.3 Å². The molecule has 3 N–H and O–H groups in total. The van der Waals surface area contributed by atoms with Crippen LogP contribution in [0.15, 0.2) is 54.9 Å². The molecule has 9 nitrogen and oxygen atoms in total. The first-order valence-corrected chi connectivity index (χ1v) is 9.21. The lowest BCUT2D eigenvalue weighted by Crippen LogP contribution is -2.13. The van der Waals surface area contributed by atoms with Gasteiger partial charge in [-0.15, -0.1) is 0 Å². The van der Waals surface area contributed by atoms with Gasteiger partial charge in [0.05, 0.1) is 17.4 Å². The van der Waals surface area contributed by atoms with Crippen molar-refractivity contribution in [3.05, 3.63) is 77.4 Å². The topological polar surface area (TPSA) is 118 Å². The highest BCUT2D eigenvalue weighted by Crippen LogP contribution is 2.34. The molecule has 1 aliphatic rings. The van der Waals surface area contributed by atoms with Crippen LogP contribution in [0.2, 0.25) is 0 Å². The molecule has 0 saturated carbocycles. The molecular weight excluding hydrogens is 405 g/mol. The molecule has 0 fully saturated rings. The van der Waals surface area contributed by atoms with Crippen molar-refractivity contribution < 1.29 is 23.8 Å². The van der Waals surface area contributed by atoms with E-state index >= 15 is 0 Å². The van der Waals surface area contributed by atoms with Gasteiger partial charge in [0, 0.05) is 18.3 Å². The fourth-order valence-corrected chi connectivity index (χ4v) is 3.26. The van der Waals surface area contributed by atoms with Gasteiger partial charge in [0.1, 0.15) is 22.9 Å². The lowest BCUT2D eigenvalue weighted by atomic mass is 10.1. The molecule has 0 atom stereocenters. The minimum Gasteiger partial charge on any atom is -0.478 e. The normalized spacial score (nSPS) is 13.0. The fourth-order valence-electron chi connectivity index (χ4n) is 3.26. The van der Waals surface area contributed by atoms with Crippen molar-refractivity contribution in [1.82, 2.24) is 14.6 Å². The molecule has 0 spiro atoms. The maximum atomic E-state index is 13.9. The maximum absolute atomic E-state index is 13.9. The molecule has 2 aromatic heterocycles. The van der Waals surface area contributed by atoms with Crippen molar-refractivity contribution >= 4 is 29.0 Å². The van der Waals surface area contributed by atoms with Crippen molar-refractivity contribution in [2.45, 2.75) is 6.54 Å². The molecule has 2 aromatic carbocycles. The van der Waals surface area contributed by atoms with E-state index in [-0.39, 0.29) is 29.1 Å². The molecule has 1 amide bonds. The molecule has 3 heterocycles. The average Bonchev–Trinajstić information content (AvgIpc) is 3.17. The van der Waals surface area contributed by atoms with Gasteiger partial charge in [0.25, 0.3) is 5.91 Å². The number of carboxylic acid groups (broad SMARTS) is 1. The Morgan fingerprint density at radius 1 is 1.16 bits per heavy atom. The molecule has 1 aliphatic heterocycles. The predicted octanol–water partition coefficient (Wildman–Crippen LogP) is 3.54. The number of hydrogen-bond acceptors (Lipinski definition) is 6. The number of benzene rings is 2. The van der Waals surface area contributed by atoms with Crippen LogP contribution in [0.3, 0.4) is 0 Å². The van der Waals surface area contributed by atoms with Gasteiger partial charge in [-0.1, -0.05) is 0 Å². The number of aromatic carboxylic acids is 1. The number of amides is 1. The zero-order valence-electron chi connectivity index (χ0n) is 15.8. The van der Waals surface area contributed by atoms with Gasteiger partial charge < -0.3 is 20.5 Å². The Hall–Kier alpha value is -4.47. The zero-order valence-corrected chi connectivity index (χ0v) is 15.8. The molecule has 0 unspecified atom stereocenters. The molecule has 154 valence electrons. The quantitative estimate of drug-likeness (QED) is 0.432. The summed E-state index contributed by atoms with van der Waals surface area (Å²) in [4.78, 5) is 28.8. The van der Waals surface area contributed by atoms with E-state index in [1.165, 1.54) is 47.1 Å². The number of carboxylic acids is 1. The lowest BCUT2D eigenvalue weighted by molar-refractivity contribution is 0.0696. The summed E-state index contributed by atoms with van der Waals surface area (Å²) in [5.41, 5.74) is 1.11.